The van der Waals surface area contributed by atoms with E-state index in [4.69, 9.17) is 9.47 Å². The molecule has 3 rings (SSSR count). The van der Waals surface area contributed by atoms with Crippen LogP contribution in [0.15, 0.2) is 42.5 Å². The van der Waals surface area contributed by atoms with Gasteiger partial charge in [-0.05, 0) is 30.2 Å². The summed E-state index contributed by atoms with van der Waals surface area (Å²) in [4.78, 5) is 6.72. The van der Waals surface area contributed by atoms with Gasteiger partial charge >= 0.3 is 0 Å². The van der Waals surface area contributed by atoms with Gasteiger partial charge in [-0.3, -0.25) is 4.90 Å². The highest BCUT2D eigenvalue weighted by Gasteiger charge is 2.32. The van der Waals surface area contributed by atoms with Crippen molar-refractivity contribution in [2.75, 3.05) is 20.8 Å². The molecule has 2 atom stereocenters. The highest BCUT2D eigenvalue weighted by Crippen LogP contribution is 2.34. The maximum Gasteiger partial charge on any atom is 0.213 e. The van der Waals surface area contributed by atoms with Crippen LogP contribution in [0.3, 0.4) is 0 Å². The predicted molar refractivity (Wildman–Crippen MR) is 87.6 cm³/mol. The molecule has 0 radical (unpaired) electrons. The van der Waals surface area contributed by atoms with Gasteiger partial charge in [0.25, 0.3) is 0 Å². The van der Waals surface area contributed by atoms with Gasteiger partial charge in [0.05, 0.1) is 26.0 Å². The van der Waals surface area contributed by atoms with Gasteiger partial charge < -0.3 is 14.6 Å². The summed E-state index contributed by atoms with van der Waals surface area (Å²) in [5, 5.41) is 10.1. The van der Waals surface area contributed by atoms with Gasteiger partial charge in [0.15, 0.2) is 0 Å². The van der Waals surface area contributed by atoms with Crippen molar-refractivity contribution in [3.05, 3.63) is 53.7 Å². The van der Waals surface area contributed by atoms with Crippen molar-refractivity contribution < 1.29 is 14.6 Å². The van der Waals surface area contributed by atoms with E-state index < -0.39 is 0 Å². The summed E-state index contributed by atoms with van der Waals surface area (Å²) in [6.45, 7) is 1.32. The van der Waals surface area contributed by atoms with E-state index >= 15 is 0 Å². The minimum Gasteiger partial charge on any atom is -0.497 e. The summed E-state index contributed by atoms with van der Waals surface area (Å²) >= 11 is 0. The molecule has 23 heavy (non-hydrogen) atoms. The van der Waals surface area contributed by atoms with Crippen LogP contribution in [0.2, 0.25) is 0 Å². The lowest BCUT2D eigenvalue weighted by atomic mass is 10.0. The van der Waals surface area contributed by atoms with Gasteiger partial charge in [0, 0.05) is 25.2 Å². The third-order valence-electron chi connectivity index (χ3n) is 4.22. The highest BCUT2D eigenvalue weighted by atomic mass is 16.5. The van der Waals surface area contributed by atoms with Crippen LogP contribution in [-0.4, -0.2) is 41.9 Å². The highest BCUT2D eigenvalue weighted by molar-refractivity contribution is 5.31. The Kier molecular flexibility index (Phi) is 4.79. The van der Waals surface area contributed by atoms with Crippen molar-refractivity contribution in [1.29, 1.82) is 0 Å². The number of likely N-dealkylation sites (tertiary alicyclic amines) is 1. The Hall–Kier alpha value is -2.11. The SMILES string of the molecule is COc1cccc([C@@H]2C[C@H](O)CN2Cc2cccc(OC)n2)c1. The molecule has 5 nitrogen and oxygen atoms in total. The molecule has 0 bridgehead atoms. The molecule has 1 aliphatic rings. The molecule has 2 aromatic rings. The van der Waals surface area contributed by atoms with E-state index in [1.165, 1.54) is 0 Å². The summed E-state index contributed by atoms with van der Waals surface area (Å²) in [6, 6.07) is 14.0. The number of hydrogen-bond acceptors (Lipinski definition) is 5. The number of aromatic nitrogens is 1. The number of rotatable bonds is 5. The molecular weight excluding hydrogens is 292 g/mol. The third kappa shape index (κ3) is 3.63. The van der Waals surface area contributed by atoms with Crippen LogP contribution in [0, 0.1) is 0 Å². The first-order valence-electron chi connectivity index (χ1n) is 7.75. The van der Waals surface area contributed by atoms with Crippen molar-refractivity contribution in [2.24, 2.45) is 0 Å². The Bertz CT molecular complexity index is 662. The number of aliphatic hydroxyl groups excluding tert-OH is 1. The van der Waals surface area contributed by atoms with E-state index in [2.05, 4.69) is 16.0 Å². The second kappa shape index (κ2) is 6.98. The zero-order chi connectivity index (χ0) is 16.2. The predicted octanol–water partition coefficient (Wildman–Crippen LogP) is 2.41. The summed E-state index contributed by atoms with van der Waals surface area (Å²) in [5.74, 6) is 1.45. The lowest BCUT2D eigenvalue weighted by Gasteiger charge is -2.24. The minimum absolute atomic E-state index is 0.160. The molecule has 0 saturated carbocycles. The molecule has 0 spiro atoms. The maximum atomic E-state index is 10.1. The number of benzene rings is 1. The van der Waals surface area contributed by atoms with Gasteiger partial charge in [-0.25, -0.2) is 4.98 Å². The Morgan fingerprint density at radius 1 is 1.17 bits per heavy atom. The number of methoxy groups -OCH3 is 2. The van der Waals surface area contributed by atoms with Crippen LogP contribution in [-0.2, 0) is 6.54 Å². The maximum absolute atomic E-state index is 10.1. The van der Waals surface area contributed by atoms with Crippen LogP contribution < -0.4 is 9.47 Å². The Balaban J connectivity index is 1.81. The van der Waals surface area contributed by atoms with Crippen LogP contribution in [0.25, 0.3) is 0 Å². The number of hydrogen-bond donors (Lipinski definition) is 1. The largest absolute Gasteiger partial charge is 0.497 e. The molecule has 0 unspecified atom stereocenters. The third-order valence-corrected chi connectivity index (χ3v) is 4.22. The minimum atomic E-state index is -0.322. The molecular formula is C18H22N2O3. The Labute approximate surface area is 136 Å². The van der Waals surface area contributed by atoms with E-state index in [1.807, 2.05) is 36.4 Å². The van der Waals surface area contributed by atoms with Crippen molar-refractivity contribution in [2.45, 2.75) is 25.1 Å². The second-order valence-electron chi connectivity index (χ2n) is 5.78. The lowest BCUT2D eigenvalue weighted by molar-refractivity contribution is 0.172. The average Bonchev–Trinajstić information content (AvgIpc) is 2.95. The van der Waals surface area contributed by atoms with Gasteiger partial charge in [0.1, 0.15) is 5.75 Å². The fourth-order valence-corrected chi connectivity index (χ4v) is 3.12. The first-order valence-corrected chi connectivity index (χ1v) is 7.75. The van der Waals surface area contributed by atoms with Gasteiger partial charge in [-0.2, -0.15) is 0 Å². The van der Waals surface area contributed by atoms with Crippen molar-refractivity contribution in [1.82, 2.24) is 9.88 Å². The number of β-amino-alcohol motifs (C(OH)–C–C–N with tert-alkyl or cyclic N) is 1. The molecule has 1 fully saturated rings. The molecule has 1 N–H and O–H groups in total. The van der Waals surface area contributed by atoms with Crippen LogP contribution in [0.4, 0.5) is 0 Å². The van der Waals surface area contributed by atoms with Crippen LogP contribution in [0.1, 0.15) is 23.7 Å². The molecule has 2 heterocycles. The van der Waals surface area contributed by atoms with Crippen molar-refractivity contribution in [3.8, 4) is 11.6 Å². The topological polar surface area (TPSA) is 54.8 Å². The first kappa shape index (κ1) is 15.8. The fourth-order valence-electron chi connectivity index (χ4n) is 3.12. The summed E-state index contributed by atoms with van der Waals surface area (Å²) < 4.78 is 10.5. The molecule has 0 amide bonds. The van der Waals surface area contributed by atoms with E-state index in [0.717, 1.165) is 23.4 Å². The number of aliphatic hydroxyl groups is 1. The summed E-state index contributed by atoms with van der Waals surface area (Å²) in [6.07, 6.45) is 0.397. The normalized spacial score (nSPS) is 21.3. The average molecular weight is 314 g/mol. The van der Waals surface area contributed by atoms with Gasteiger partial charge in [0.2, 0.25) is 5.88 Å². The van der Waals surface area contributed by atoms with E-state index in [-0.39, 0.29) is 12.1 Å². The Morgan fingerprint density at radius 2 is 2.00 bits per heavy atom. The second-order valence-corrected chi connectivity index (χ2v) is 5.78. The number of pyridine rings is 1. The number of nitrogens with zero attached hydrogens (tertiary/aromatic N) is 2. The van der Waals surface area contributed by atoms with Crippen LogP contribution >= 0.6 is 0 Å². The van der Waals surface area contributed by atoms with Gasteiger partial charge in [-0.1, -0.05) is 18.2 Å². The van der Waals surface area contributed by atoms with E-state index in [9.17, 15) is 5.11 Å². The molecule has 0 aliphatic carbocycles. The standard InChI is InChI=1S/C18H22N2O3/c1-22-16-7-3-5-13(9-16)17-10-15(21)12-20(17)11-14-6-4-8-18(19-14)23-2/h3-9,15,17,21H,10-12H2,1-2H3/t15-,17-/m0/s1. The summed E-state index contributed by atoms with van der Waals surface area (Å²) in [5.41, 5.74) is 2.09. The zero-order valence-electron chi connectivity index (χ0n) is 13.5. The van der Waals surface area contributed by atoms with E-state index in [0.29, 0.717) is 19.0 Å². The monoisotopic (exact) mass is 314 g/mol. The quantitative estimate of drug-likeness (QED) is 0.918. The molecule has 122 valence electrons. The number of ether oxygens (including phenoxy) is 2. The van der Waals surface area contributed by atoms with Crippen LogP contribution in [0.5, 0.6) is 11.6 Å². The van der Waals surface area contributed by atoms with Crippen molar-refractivity contribution >= 4 is 0 Å². The molecule has 5 heteroatoms. The summed E-state index contributed by atoms with van der Waals surface area (Å²) in [7, 11) is 3.28. The molecule has 1 aromatic heterocycles. The Morgan fingerprint density at radius 3 is 2.78 bits per heavy atom. The first-order chi connectivity index (χ1) is 11.2. The van der Waals surface area contributed by atoms with E-state index in [1.54, 1.807) is 14.2 Å². The lowest BCUT2D eigenvalue weighted by Crippen LogP contribution is -2.24. The fraction of sp³-hybridized carbons (Fsp3) is 0.389. The zero-order valence-corrected chi connectivity index (χ0v) is 13.5. The molecule has 1 aromatic carbocycles. The molecule has 1 saturated heterocycles. The van der Waals surface area contributed by atoms with Gasteiger partial charge in [-0.15, -0.1) is 0 Å². The smallest absolute Gasteiger partial charge is 0.213 e. The molecule has 1 aliphatic heterocycles. The van der Waals surface area contributed by atoms with Crippen molar-refractivity contribution in [3.63, 3.8) is 0 Å².